The van der Waals surface area contributed by atoms with Gasteiger partial charge in [-0.3, -0.25) is 0 Å². The fourth-order valence-electron chi connectivity index (χ4n) is 3.30. The van der Waals surface area contributed by atoms with Gasteiger partial charge in [0.25, 0.3) is 0 Å². The van der Waals surface area contributed by atoms with Crippen LogP contribution < -0.4 is 0 Å². The predicted octanol–water partition coefficient (Wildman–Crippen LogP) is 5.06. The van der Waals surface area contributed by atoms with Crippen molar-refractivity contribution in [1.29, 1.82) is 0 Å². The van der Waals surface area contributed by atoms with Gasteiger partial charge in [-0.1, -0.05) is 47.3 Å². The van der Waals surface area contributed by atoms with Crippen LogP contribution in [0.2, 0.25) is 0 Å². The lowest BCUT2D eigenvalue weighted by Crippen LogP contribution is -2.32. The Morgan fingerprint density at radius 2 is 1.10 bits per heavy atom. The van der Waals surface area contributed by atoms with Crippen LogP contribution in [-0.2, 0) is 9.47 Å². The van der Waals surface area contributed by atoms with Crippen molar-refractivity contribution in [2.75, 3.05) is 13.2 Å². The molecule has 0 amide bonds. The minimum atomic E-state index is 0.486. The average molecular weight is 319 g/mol. The summed E-state index contributed by atoms with van der Waals surface area (Å²) in [6, 6.07) is 0. The second-order valence-corrected chi connectivity index (χ2v) is 8.58. The predicted molar refractivity (Wildman–Crippen MR) is 90.5 cm³/mol. The lowest BCUT2D eigenvalue weighted by Gasteiger charge is -2.34. The highest BCUT2D eigenvalue weighted by Crippen LogP contribution is 2.44. The summed E-state index contributed by atoms with van der Waals surface area (Å²) < 4.78 is 11.9. The molecule has 0 N–H and O–H groups in total. The van der Waals surface area contributed by atoms with Crippen molar-refractivity contribution in [2.45, 2.75) is 87.9 Å². The molecule has 0 saturated heterocycles. The van der Waals surface area contributed by atoms with Gasteiger partial charge in [0.1, 0.15) is 0 Å². The molecule has 2 rings (SSSR count). The van der Waals surface area contributed by atoms with Gasteiger partial charge in [-0.2, -0.15) is 0 Å². The molecular formula is C16H30O2S2. The normalized spacial score (nSPS) is 35.1. The monoisotopic (exact) mass is 318 g/mol. The summed E-state index contributed by atoms with van der Waals surface area (Å²) in [5.74, 6) is 0. The Kier molecular flexibility index (Phi) is 8.15. The lowest BCUT2D eigenvalue weighted by molar-refractivity contribution is 0.0408. The molecule has 4 heteroatoms. The van der Waals surface area contributed by atoms with Gasteiger partial charge in [-0.25, -0.2) is 0 Å². The van der Waals surface area contributed by atoms with Crippen LogP contribution in [0.1, 0.15) is 65.2 Å². The Bertz CT molecular complexity index is 233. The third kappa shape index (κ3) is 5.11. The Morgan fingerprint density at radius 3 is 1.50 bits per heavy atom. The first-order valence-corrected chi connectivity index (χ1v) is 10.7. The molecule has 0 aromatic carbocycles. The van der Waals surface area contributed by atoms with Gasteiger partial charge in [0.2, 0.25) is 0 Å². The fourth-order valence-corrected chi connectivity index (χ4v) is 6.96. The van der Waals surface area contributed by atoms with E-state index in [4.69, 9.17) is 9.47 Å². The molecule has 2 saturated carbocycles. The van der Waals surface area contributed by atoms with Gasteiger partial charge < -0.3 is 9.47 Å². The quantitative estimate of drug-likeness (QED) is 0.610. The largest absolute Gasteiger partial charge is 0.377 e. The molecule has 0 spiro atoms. The van der Waals surface area contributed by atoms with Crippen LogP contribution in [0.15, 0.2) is 0 Å². The van der Waals surface area contributed by atoms with Gasteiger partial charge in [0.15, 0.2) is 0 Å². The molecule has 2 nitrogen and oxygen atoms in total. The van der Waals surface area contributed by atoms with E-state index in [1.807, 2.05) is 0 Å². The summed E-state index contributed by atoms with van der Waals surface area (Å²) >= 11 is 0. The van der Waals surface area contributed by atoms with E-state index in [-0.39, 0.29) is 0 Å². The minimum Gasteiger partial charge on any atom is -0.377 e. The lowest BCUT2D eigenvalue weighted by atomic mass is 9.97. The van der Waals surface area contributed by atoms with Gasteiger partial charge >= 0.3 is 0 Å². The first kappa shape index (κ1) is 17.0. The molecule has 2 aliphatic carbocycles. The molecular weight excluding hydrogens is 288 g/mol. The molecule has 0 unspecified atom stereocenters. The van der Waals surface area contributed by atoms with Crippen molar-refractivity contribution < 1.29 is 9.47 Å². The van der Waals surface area contributed by atoms with E-state index in [0.29, 0.717) is 22.7 Å². The van der Waals surface area contributed by atoms with E-state index in [9.17, 15) is 0 Å². The summed E-state index contributed by atoms with van der Waals surface area (Å²) in [7, 11) is 4.19. The highest BCUT2D eigenvalue weighted by atomic mass is 33.1. The van der Waals surface area contributed by atoms with Crippen molar-refractivity contribution in [2.24, 2.45) is 0 Å². The zero-order chi connectivity index (χ0) is 14.2. The standard InChI is InChI=1S/C16H30O2S2/c1-3-17-13-9-5-7-11-15(13)19-20-16-12-8-6-10-14(16)18-4-2/h13-16H,3-12H2,1-2H3/t13-,14-,15-,16-/m0/s1. The third-order valence-corrected chi connectivity index (χ3v) is 7.85. The molecule has 118 valence electrons. The van der Waals surface area contributed by atoms with Gasteiger partial charge in [-0.05, 0) is 39.5 Å². The van der Waals surface area contributed by atoms with Gasteiger partial charge in [0.05, 0.1) is 12.2 Å². The zero-order valence-corrected chi connectivity index (χ0v) is 14.6. The maximum absolute atomic E-state index is 5.94. The molecule has 0 aromatic heterocycles. The van der Waals surface area contributed by atoms with Crippen LogP contribution in [0.3, 0.4) is 0 Å². The van der Waals surface area contributed by atoms with E-state index in [2.05, 4.69) is 35.4 Å². The Balaban J connectivity index is 1.79. The molecule has 2 fully saturated rings. The molecule has 0 aromatic rings. The van der Waals surface area contributed by atoms with Gasteiger partial charge in [-0.15, -0.1) is 0 Å². The van der Waals surface area contributed by atoms with E-state index in [1.54, 1.807) is 0 Å². The second-order valence-electron chi connectivity index (χ2n) is 5.83. The maximum atomic E-state index is 5.94. The van der Waals surface area contributed by atoms with Crippen LogP contribution in [-0.4, -0.2) is 35.9 Å². The summed E-state index contributed by atoms with van der Waals surface area (Å²) in [5.41, 5.74) is 0. The number of hydrogen-bond donors (Lipinski definition) is 0. The van der Waals surface area contributed by atoms with Crippen LogP contribution in [0, 0.1) is 0 Å². The molecule has 2 aliphatic rings. The second kappa shape index (κ2) is 9.60. The summed E-state index contributed by atoms with van der Waals surface area (Å²) in [6.45, 7) is 5.96. The molecule has 4 atom stereocenters. The smallest absolute Gasteiger partial charge is 0.0701 e. The maximum Gasteiger partial charge on any atom is 0.0701 e. The van der Waals surface area contributed by atoms with E-state index in [1.165, 1.54) is 51.4 Å². The number of rotatable bonds is 7. The van der Waals surface area contributed by atoms with Crippen molar-refractivity contribution in [1.82, 2.24) is 0 Å². The third-order valence-electron chi connectivity index (χ3n) is 4.35. The minimum absolute atomic E-state index is 0.486. The first-order valence-electron chi connectivity index (χ1n) is 8.40. The zero-order valence-electron chi connectivity index (χ0n) is 13.0. The van der Waals surface area contributed by atoms with Crippen molar-refractivity contribution >= 4 is 21.6 Å². The Hall–Kier alpha value is 0.620. The highest BCUT2D eigenvalue weighted by Gasteiger charge is 2.31. The van der Waals surface area contributed by atoms with E-state index >= 15 is 0 Å². The highest BCUT2D eigenvalue weighted by molar-refractivity contribution is 8.77. The van der Waals surface area contributed by atoms with Crippen molar-refractivity contribution in [3.05, 3.63) is 0 Å². The van der Waals surface area contributed by atoms with Crippen LogP contribution >= 0.6 is 21.6 Å². The summed E-state index contributed by atoms with van der Waals surface area (Å²) in [5, 5.41) is 1.39. The fraction of sp³-hybridized carbons (Fsp3) is 1.00. The SMILES string of the molecule is CCO[C@H]1CCCC[C@@H]1SS[C@H]1CCCC[C@@H]1OCC. The van der Waals surface area contributed by atoms with E-state index < -0.39 is 0 Å². The summed E-state index contributed by atoms with van der Waals surface area (Å²) in [4.78, 5) is 0. The van der Waals surface area contributed by atoms with Crippen LogP contribution in [0.25, 0.3) is 0 Å². The molecule has 0 radical (unpaired) electrons. The Morgan fingerprint density at radius 1 is 0.700 bits per heavy atom. The summed E-state index contributed by atoms with van der Waals surface area (Å²) in [6.07, 6.45) is 11.6. The average Bonchev–Trinajstić information content (AvgIpc) is 2.48. The molecule has 0 bridgehead atoms. The van der Waals surface area contributed by atoms with Crippen molar-refractivity contribution in [3.63, 3.8) is 0 Å². The first-order chi connectivity index (χ1) is 9.85. The van der Waals surface area contributed by atoms with Crippen LogP contribution in [0.4, 0.5) is 0 Å². The molecule has 0 heterocycles. The molecule has 20 heavy (non-hydrogen) atoms. The van der Waals surface area contributed by atoms with E-state index in [0.717, 1.165) is 13.2 Å². The Labute approximate surface area is 132 Å². The van der Waals surface area contributed by atoms with Crippen LogP contribution in [0.5, 0.6) is 0 Å². The number of ether oxygens (including phenoxy) is 2. The van der Waals surface area contributed by atoms with Gasteiger partial charge in [0, 0.05) is 23.7 Å². The topological polar surface area (TPSA) is 18.5 Å². The van der Waals surface area contributed by atoms with Crippen molar-refractivity contribution in [3.8, 4) is 0 Å². The number of hydrogen-bond acceptors (Lipinski definition) is 4. The molecule has 0 aliphatic heterocycles.